The molecule has 0 heteroatoms. The van der Waals surface area contributed by atoms with Crippen molar-refractivity contribution in [2.75, 3.05) is 0 Å². The van der Waals surface area contributed by atoms with Crippen molar-refractivity contribution < 1.29 is 0 Å². The summed E-state index contributed by atoms with van der Waals surface area (Å²) in [5, 5.41) is 0. The van der Waals surface area contributed by atoms with Gasteiger partial charge in [0.05, 0.1) is 0 Å². The molecule has 0 amide bonds. The van der Waals surface area contributed by atoms with Crippen LogP contribution in [-0.4, -0.2) is 0 Å². The molecule has 22 heavy (non-hydrogen) atoms. The molecule has 0 radical (unpaired) electrons. The van der Waals surface area contributed by atoms with Crippen molar-refractivity contribution in [3.8, 4) is 0 Å². The van der Waals surface area contributed by atoms with Crippen molar-refractivity contribution in [2.24, 2.45) is 16.7 Å². The number of rotatable bonds is 8. The van der Waals surface area contributed by atoms with Crippen LogP contribution < -0.4 is 0 Å². The third kappa shape index (κ3) is 14.4. The Bertz CT molecular complexity index is 354. The Balaban J connectivity index is 4.04. The van der Waals surface area contributed by atoms with Crippen molar-refractivity contribution in [1.82, 2.24) is 0 Å². The molecule has 0 aromatic carbocycles. The summed E-state index contributed by atoms with van der Waals surface area (Å²) in [5.41, 5.74) is 3.99. The molecule has 1 unspecified atom stereocenters. The van der Waals surface area contributed by atoms with E-state index in [0.717, 1.165) is 5.92 Å². The lowest BCUT2D eigenvalue weighted by Gasteiger charge is -2.23. The third-order valence-corrected chi connectivity index (χ3v) is 4.09. The van der Waals surface area contributed by atoms with Crippen LogP contribution in [0.3, 0.4) is 0 Å². The van der Waals surface area contributed by atoms with Gasteiger partial charge in [0, 0.05) is 0 Å². The molecule has 0 aromatic rings. The molecule has 0 nitrogen and oxygen atoms in total. The highest BCUT2D eigenvalue weighted by atomic mass is 14.2. The molecule has 0 N–H and O–H groups in total. The van der Waals surface area contributed by atoms with Crippen LogP contribution in [0, 0.1) is 16.7 Å². The summed E-state index contributed by atoms with van der Waals surface area (Å²) in [5.74, 6) is 0.830. The fraction of sp³-hybridized carbons (Fsp3) is 0.818. The van der Waals surface area contributed by atoms with Gasteiger partial charge in [-0.25, -0.2) is 0 Å². The van der Waals surface area contributed by atoms with Gasteiger partial charge in [0.25, 0.3) is 0 Å². The van der Waals surface area contributed by atoms with E-state index in [4.69, 9.17) is 0 Å². The lowest BCUT2D eigenvalue weighted by molar-refractivity contribution is 0.297. The highest BCUT2D eigenvalue weighted by Gasteiger charge is 2.14. The summed E-state index contributed by atoms with van der Waals surface area (Å²) in [6, 6.07) is 0. The first-order chi connectivity index (χ1) is 9.89. The van der Waals surface area contributed by atoms with E-state index >= 15 is 0 Å². The molecule has 0 spiro atoms. The second kappa shape index (κ2) is 9.58. The van der Waals surface area contributed by atoms with Gasteiger partial charge in [-0.15, -0.1) is 0 Å². The van der Waals surface area contributed by atoms with Gasteiger partial charge in [0.15, 0.2) is 0 Å². The van der Waals surface area contributed by atoms with Gasteiger partial charge in [-0.2, -0.15) is 0 Å². The minimum atomic E-state index is 0.413. The molecule has 0 saturated carbocycles. The largest absolute Gasteiger partial charge is 0.0853 e. The van der Waals surface area contributed by atoms with Crippen LogP contribution in [0.5, 0.6) is 0 Å². The van der Waals surface area contributed by atoms with E-state index < -0.39 is 0 Å². The maximum absolute atomic E-state index is 2.46. The van der Waals surface area contributed by atoms with Crippen LogP contribution in [-0.2, 0) is 0 Å². The van der Waals surface area contributed by atoms with Crippen molar-refractivity contribution >= 4 is 0 Å². The zero-order valence-corrected chi connectivity index (χ0v) is 17.0. The Kier molecular flexibility index (Phi) is 9.35. The topological polar surface area (TPSA) is 0 Å². The Morgan fingerprint density at radius 2 is 1.36 bits per heavy atom. The van der Waals surface area contributed by atoms with Gasteiger partial charge in [-0.3, -0.25) is 0 Å². The molecular weight excluding hydrogens is 264 g/mol. The van der Waals surface area contributed by atoms with E-state index in [2.05, 4.69) is 74.5 Å². The quantitative estimate of drug-likeness (QED) is 0.399. The summed E-state index contributed by atoms with van der Waals surface area (Å²) in [6.45, 7) is 20.9. The molecule has 0 saturated heterocycles. The van der Waals surface area contributed by atoms with E-state index in [1.54, 1.807) is 11.1 Å². The Morgan fingerprint density at radius 1 is 0.818 bits per heavy atom. The molecule has 0 aliphatic heterocycles. The van der Waals surface area contributed by atoms with Crippen molar-refractivity contribution in [2.45, 2.75) is 101 Å². The Hall–Kier alpha value is -0.520. The second-order valence-corrected chi connectivity index (χ2v) is 9.81. The van der Waals surface area contributed by atoms with E-state index in [-0.39, 0.29) is 0 Å². The molecular formula is C22H42. The van der Waals surface area contributed by atoms with Gasteiger partial charge in [-0.1, -0.05) is 71.8 Å². The van der Waals surface area contributed by atoms with E-state index in [0.29, 0.717) is 10.8 Å². The summed E-state index contributed by atoms with van der Waals surface area (Å²) in [7, 11) is 0. The van der Waals surface area contributed by atoms with E-state index in [1.165, 1.54) is 38.5 Å². The van der Waals surface area contributed by atoms with Crippen LogP contribution in [0.1, 0.15) is 101 Å². The van der Waals surface area contributed by atoms with Crippen molar-refractivity contribution in [3.05, 3.63) is 23.3 Å². The van der Waals surface area contributed by atoms with E-state index in [1.807, 2.05) is 0 Å². The Labute approximate surface area is 141 Å². The van der Waals surface area contributed by atoms with Crippen LogP contribution in [0.2, 0.25) is 0 Å². The standard InChI is InChI=1S/C22H42/c1-18(13-14-20(3)17-22(7,8)9)11-10-12-19(2)15-16-21(4,5)6/h11,15,20H,10,12-14,16-17H2,1-9H3/b18-11+,19-15+. The van der Waals surface area contributed by atoms with E-state index in [9.17, 15) is 0 Å². The van der Waals surface area contributed by atoms with Gasteiger partial charge in [0.2, 0.25) is 0 Å². The minimum absolute atomic E-state index is 0.413. The summed E-state index contributed by atoms with van der Waals surface area (Å²) < 4.78 is 0. The van der Waals surface area contributed by atoms with Crippen molar-refractivity contribution in [1.29, 1.82) is 0 Å². The predicted octanol–water partition coefficient (Wildman–Crippen LogP) is 7.95. The van der Waals surface area contributed by atoms with Crippen LogP contribution in [0.15, 0.2) is 23.3 Å². The van der Waals surface area contributed by atoms with Gasteiger partial charge in [0.1, 0.15) is 0 Å². The SMILES string of the molecule is C/C(=C\CC(C)(C)C)CC/C=C(\C)CCC(C)CC(C)(C)C. The lowest BCUT2D eigenvalue weighted by atomic mass is 9.83. The van der Waals surface area contributed by atoms with Crippen molar-refractivity contribution in [3.63, 3.8) is 0 Å². The first kappa shape index (κ1) is 21.5. The molecule has 0 fully saturated rings. The molecule has 130 valence electrons. The highest BCUT2D eigenvalue weighted by molar-refractivity contribution is 5.04. The first-order valence-corrected chi connectivity index (χ1v) is 9.20. The van der Waals surface area contributed by atoms with Crippen LogP contribution >= 0.6 is 0 Å². The smallest absolute Gasteiger partial charge is 0.0288 e. The maximum atomic E-state index is 2.46. The molecule has 0 aliphatic carbocycles. The monoisotopic (exact) mass is 306 g/mol. The van der Waals surface area contributed by atoms with Gasteiger partial charge in [-0.05, 0) is 69.1 Å². The van der Waals surface area contributed by atoms with Gasteiger partial charge >= 0.3 is 0 Å². The number of hydrogen-bond donors (Lipinski definition) is 0. The fourth-order valence-corrected chi connectivity index (χ4v) is 2.85. The maximum Gasteiger partial charge on any atom is -0.0288 e. The van der Waals surface area contributed by atoms with Gasteiger partial charge < -0.3 is 0 Å². The third-order valence-electron chi connectivity index (χ3n) is 4.09. The highest BCUT2D eigenvalue weighted by Crippen LogP contribution is 2.27. The molecule has 0 bridgehead atoms. The molecule has 0 aromatic heterocycles. The summed E-state index contributed by atoms with van der Waals surface area (Å²) >= 11 is 0. The average molecular weight is 307 g/mol. The fourth-order valence-electron chi connectivity index (χ4n) is 2.85. The predicted molar refractivity (Wildman–Crippen MR) is 103 cm³/mol. The summed E-state index contributed by atoms with van der Waals surface area (Å²) in [6.07, 6.45) is 12.4. The second-order valence-electron chi connectivity index (χ2n) is 9.81. The number of hydrogen-bond acceptors (Lipinski definition) is 0. The molecule has 1 atom stereocenters. The number of allylic oxidation sites excluding steroid dienone is 4. The molecule has 0 heterocycles. The van der Waals surface area contributed by atoms with Crippen LogP contribution in [0.4, 0.5) is 0 Å². The first-order valence-electron chi connectivity index (χ1n) is 9.20. The molecule has 0 rings (SSSR count). The lowest BCUT2D eigenvalue weighted by Crippen LogP contribution is -2.10. The minimum Gasteiger partial charge on any atom is -0.0853 e. The van der Waals surface area contributed by atoms with Crippen LogP contribution in [0.25, 0.3) is 0 Å². The average Bonchev–Trinajstić information content (AvgIpc) is 2.31. The summed E-state index contributed by atoms with van der Waals surface area (Å²) in [4.78, 5) is 0. The molecule has 0 aliphatic rings. The zero-order valence-electron chi connectivity index (χ0n) is 17.0. The zero-order chi connectivity index (χ0) is 17.4. The Morgan fingerprint density at radius 3 is 1.86 bits per heavy atom. The normalized spacial score (nSPS) is 16.0.